The fourth-order valence-electron chi connectivity index (χ4n) is 2.06. The summed E-state index contributed by atoms with van der Waals surface area (Å²) < 4.78 is 32.6. The molecule has 0 aliphatic carbocycles. The van der Waals surface area contributed by atoms with Crippen molar-refractivity contribution < 1.29 is 42.5 Å². The second-order valence-corrected chi connectivity index (χ2v) is 6.10. The normalized spacial score (nSPS) is 11.5. The predicted octanol–water partition coefficient (Wildman–Crippen LogP) is 0.140. The Kier molecular flexibility index (Phi) is 5.68. The molecule has 0 atom stereocenters. The average molecular weight is 350 g/mol. The summed E-state index contributed by atoms with van der Waals surface area (Å²) in [6.45, 7) is 0. The smallest absolute Gasteiger partial charge is 0.744 e. The number of benzene rings is 2. The molecule has 3 aromatic rings. The van der Waals surface area contributed by atoms with Gasteiger partial charge in [0.2, 0.25) is 0 Å². The van der Waals surface area contributed by atoms with Gasteiger partial charge in [-0.25, -0.2) is 8.42 Å². The maximum atomic E-state index is 10.9. The van der Waals surface area contributed by atoms with Crippen molar-refractivity contribution >= 4 is 38.1 Å². The van der Waals surface area contributed by atoms with Gasteiger partial charge in [0.1, 0.15) is 10.1 Å². The average Bonchev–Trinajstić information content (AvgIpc) is 2.54. The first-order chi connectivity index (χ1) is 10.9. The van der Waals surface area contributed by atoms with E-state index >= 15 is 0 Å². The van der Waals surface area contributed by atoms with Crippen LogP contribution in [-0.4, -0.2) is 18.0 Å². The first-order valence-electron chi connectivity index (χ1n) is 6.56. The van der Waals surface area contributed by atoms with Crippen molar-refractivity contribution in [3.05, 3.63) is 54.7 Å². The molecule has 0 saturated carbocycles. The number of nitrogen functional groups attached to an aromatic ring is 1. The second kappa shape index (κ2) is 7.37. The number of aromatic nitrogens is 1. The fraction of sp³-hybridized carbons (Fsp3) is 0. The Morgan fingerprint density at radius 3 is 2.38 bits per heavy atom. The summed E-state index contributed by atoms with van der Waals surface area (Å²) in [5.41, 5.74) is 8.06. The zero-order chi connectivity index (χ0) is 16.4. The number of nitrogens with two attached hydrogens (primary N) is 1. The summed E-state index contributed by atoms with van der Waals surface area (Å²) in [4.78, 5) is 3.90. The molecule has 1 aromatic heterocycles. The molecular formula is C15H11N4NaO3S. The molecule has 0 unspecified atom stereocenters. The van der Waals surface area contributed by atoms with Crippen molar-refractivity contribution in [2.75, 3.05) is 5.73 Å². The standard InChI is InChI=1S/C15H12N4O3S.Na/c16-13-7-8-14(12-2-1-9-17-15(12)13)19-18-10-3-5-11(6-4-10)23(20,21)22;/h1-9H,16H2,(H,20,21,22);/q;+1/p-1. The van der Waals surface area contributed by atoms with Crippen LogP contribution in [0.25, 0.3) is 10.9 Å². The van der Waals surface area contributed by atoms with E-state index in [4.69, 9.17) is 5.73 Å². The topological polar surface area (TPSA) is 121 Å². The van der Waals surface area contributed by atoms with Gasteiger partial charge < -0.3 is 10.3 Å². The maximum absolute atomic E-state index is 10.9. The molecule has 0 bridgehead atoms. The van der Waals surface area contributed by atoms with E-state index in [9.17, 15) is 13.0 Å². The van der Waals surface area contributed by atoms with Gasteiger partial charge in [0.15, 0.2) is 0 Å². The number of rotatable bonds is 3. The Bertz CT molecular complexity index is 1000. The maximum Gasteiger partial charge on any atom is 1.00 e. The minimum Gasteiger partial charge on any atom is -0.744 e. The van der Waals surface area contributed by atoms with E-state index in [-0.39, 0.29) is 34.5 Å². The van der Waals surface area contributed by atoms with Gasteiger partial charge in [0.05, 0.1) is 27.5 Å². The zero-order valence-electron chi connectivity index (χ0n) is 12.7. The van der Waals surface area contributed by atoms with E-state index in [1.807, 2.05) is 6.07 Å². The Morgan fingerprint density at radius 1 is 1.00 bits per heavy atom. The fourth-order valence-corrected chi connectivity index (χ4v) is 2.53. The third kappa shape index (κ3) is 3.97. The van der Waals surface area contributed by atoms with Gasteiger partial charge in [-0.05, 0) is 48.5 Å². The molecule has 0 spiro atoms. The third-order valence-corrected chi connectivity index (χ3v) is 4.03. The molecule has 0 radical (unpaired) electrons. The molecular weight excluding hydrogens is 339 g/mol. The van der Waals surface area contributed by atoms with Crippen LogP contribution in [-0.2, 0) is 10.1 Å². The third-order valence-electron chi connectivity index (χ3n) is 3.18. The van der Waals surface area contributed by atoms with Gasteiger partial charge in [-0.15, -0.1) is 5.11 Å². The van der Waals surface area contributed by atoms with Gasteiger partial charge in [0.25, 0.3) is 0 Å². The quantitative estimate of drug-likeness (QED) is 0.312. The first-order valence-corrected chi connectivity index (χ1v) is 7.97. The predicted molar refractivity (Wildman–Crippen MR) is 84.7 cm³/mol. The molecule has 9 heteroatoms. The molecule has 2 N–H and O–H groups in total. The molecule has 0 aliphatic heterocycles. The molecule has 0 saturated heterocycles. The summed E-state index contributed by atoms with van der Waals surface area (Å²) in [5.74, 6) is 0. The molecule has 7 nitrogen and oxygen atoms in total. The number of hydrogen-bond donors (Lipinski definition) is 1. The SMILES string of the molecule is Nc1ccc(N=Nc2ccc(S(=O)(=O)[O-])cc2)c2cccnc12.[Na+]. The van der Waals surface area contributed by atoms with E-state index in [0.29, 0.717) is 22.6 Å². The molecule has 1 heterocycles. The van der Waals surface area contributed by atoms with E-state index in [2.05, 4.69) is 15.2 Å². The Labute approximate surface area is 160 Å². The van der Waals surface area contributed by atoms with Crippen LogP contribution in [0.2, 0.25) is 0 Å². The van der Waals surface area contributed by atoms with Crippen LogP contribution < -0.4 is 35.3 Å². The van der Waals surface area contributed by atoms with Gasteiger partial charge in [-0.1, -0.05) is 0 Å². The van der Waals surface area contributed by atoms with Crippen molar-refractivity contribution in [1.82, 2.24) is 4.98 Å². The summed E-state index contributed by atoms with van der Waals surface area (Å²) in [7, 11) is -4.46. The van der Waals surface area contributed by atoms with Gasteiger partial charge in [0, 0.05) is 11.6 Å². The number of pyridine rings is 1. The Morgan fingerprint density at radius 2 is 1.71 bits per heavy atom. The van der Waals surface area contributed by atoms with Gasteiger partial charge in [-0.2, -0.15) is 5.11 Å². The number of anilines is 1. The van der Waals surface area contributed by atoms with Crippen LogP contribution in [0.5, 0.6) is 0 Å². The number of fused-ring (bicyclic) bond motifs is 1. The first kappa shape index (κ1) is 18.5. The zero-order valence-corrected chi connectivity index (χ0v) is 15.6. The molecule has 3 rings (SSSR count). The van der Waals surface area contributed by atoms with Crippen molar-refractivity contribution in [3.63, 3.8) is 0 Å². The minimum absolute atomic E-state index is 0. The second-order valence-electron chi connectivity index (χ2n) is 4.72. The van der Waals surface area contributed by atoms with Crippen LogP contribution in [0.3, 0.4) is 0 Å². The Hall–Kier alpha value is -1.84. The van der Waals surface area contributed by atoms with E-state index in [0.717, 1.165) is 5.39 Å². The molecule has 24 heavy (non-hydrogen) atoms. The monoisotopic (exact) mass is 350 g/mol. The molecule has 0 aliphatic rings. The number of azo groups is 1. The number of hydrogen-bond acceptors (Lipinski definition) is 7. The van der Waals surface area contributed by atoms with Gasteiger partial charge >= 0.3 is 29.6 Å². The minimum atomic E-state index is -4.46. The molecule has 0 amide bonds. The van der Waals surface area contributed by atoms with Crippen molar-refractivity contribution in [3.8, 4) is 0 Å². The Balaban J connectivity index is 0.00000208. The van der Waals surface area contributed by atoms with E-state index in [1.165, 1.54) is 24.3 Å². The van der Waals surface area contributed by atoms with Crippen LogP contribution in [0.1, 0.15) is 0 Å². The van der Waals surface area contributed by atoms with Crippen molar-refractivity contribution in [2.45, 2.75) is 4.90 Å². The van der Waals surface area contributed by atoms with Crippen molar-refractivity contribution in [2.24, 2.45) is 10.2 Å². The summed E-state index contributed by atoms with van der Waals surface area (Å²) >= 11 is 0. The van der Waals surface area contributed by atoms with Gasteiger partial charge in [-0.3, -0.25) is 4.98 Å². The van der Waals surface area contributed by atoms with E-state index in [1.54, 1.807) is 24.4 Å². The summed E-state index contributed by atoms with van der Waals surface area (Å²) in [6, 6.07) is 12.2. The molecule has 116 valence electrons. The van der Waals surface area contributed by atoms with E-state index < -0.39 is 10.1 Å². The van der Waals surface area contributed by atoms with Crippen LogP contribution in [0, 0.1) is 0 Å². The number of nitrogens with zero attached hydrogens (tertiary/aromatic N) is 3. The largest absolute Gasteiger partial charge is 1.00 e. The van der Waals surface area contributed by atoms with Crippen LogP contribution in [0.4, 0.5) is 17.1 Å². The molecule has 2 aromatic carbocycles. The van der Waals surface area contributed by atoms with Crippen LogP contribution in [0.15, 0.2) is 69.9 Å². The summed E-state index contributed by atoms with van der Waals surface area (Å²) in [6.07, 6.45) is 1.64. The summed E-state index contributed by atoms with van der Waals surface area (Å²) in [5, 5.41) is 8.94. The molecule has 0 fully saturated rings. The van der Waals surface area contributed by atoms with Crippen LogP contribution >= 0.6 is 0 Å². The van der Waals surface area contributed by atoms with Crippen molar-refractivity contribution in [1.29, 1.82) is 0 Å².